The molecular formula is C23H21F3N4O3S. The highest BCUT2D eigenvalue weighted by molar-refractivity contribution is 7.12. The summed E-state index contributed by atoms with van der Waals surface area (Å²) in [5, 5.41) is 0. The average Bonchev–Trinajstić information content (AvgIpc) is 3.30. The lowest BCUT2D eigenvalue weighted by Crippen LogP contribution is -2.33. The molecule has 178 valence electrons. The number of esters is 1. The van der Waals surface area contributed by atoms with Crippen LogP contribution in [0.1, 0.15) is 39.0 Å². The molecule has 34 heavy (non-hydrogen) atoms. The quantitative estimate of drug-likeness (QED) is 0.481. The molecule has 0 saturated heterocycles. The van der Waals surface area contributed by atoms with Gasteiger partial charge >= 0.3 is 17.8 Å². The third-order valence-corrected chi connectivity index (χ3v) is 6.37. The van der Waals surface area contributed by atoms with Crippen molar-refractivity contribution in [2.45, 2.75) is 26.1 Å². The minimum atomic E-state index is -4.41. The van der Waals surface area contributed by atoms with Crippen molar-refractivity contribution in [2.75, 3.05) is 24.6 Å². The van der Waals surface area contributed by atoms with Gasteiger partial charge in [0, 0.05) is 18.0 Å². The molecule has 1 aromatic carbocycles. The van der Waals surface area contributed by atoms with Crippen molar-refractivity contribution in [3.05, 3.63) is 80.2 Å². The molecule has 0 radical (unpaired) electrons. The van der Waals surface area contributed by atoms with Gasteiger partial charge in [-0.3, -0.25) is 4.57 Å². The second kappa shape index (κ2) is 9.80. The number of nitrogens with zero attached hydrogens (tertiary/aromatic N) is 4. The Labute approximate surface area is 197 Å². The summed E-state index contributed by atoms with van der Waals surface area (Å²) in [6, 6.07) is 9.59. The van der Waals surface area contributed by atoms with Gasteiger partial charge < -0.3 is 9.64 Å². The van der Waals surface area contributed by atoms with Crippen molar-refractivity contribution in [3.63, 3.8) is 0 Å². The Morgan fingerprint density at radius 1 is 1.24 bits per heavy atom. The molecule has 0 N–H and O–H groups in total. The Kier molecular flexibility index (Phi) is 6.82. The molecule has 0 unspecified atom stereocenters. The third-order valence-electron chi connectivity index (χ3n) is 5.26. The highest BCUT2D eigenvalue weighted by atomic mass is 32.1. The number of thiophene rings is 1. The molecule has 0 aliphatic carbocycles. The van der Waals surface area contributed by atoms with E-state index in [1.165, 1.54) is 17.0 Å². The molecule has 0 amide bonds. The SMILES string of the molecule is CCOC(=O)c1cccc(C2=CCN(c3ncn(Cc4ccc(C(F)(F)F)s4)c(=O)n3)CC2)c1. The predicted octanol–water partition coefficient (Wildman–Crippen LogP) is 4.24. The van der Waals surface area contributed by atoms with E-state index < -0.39 is 16.7 Å². The van der Waals surface area contributed by atoms with E-state index in [2.05, 4.69) is 9.97 Å². The normalized spacial score (nSPS) is 14.1. The molecular weight excluding hydrogens is 469 g/mol. The summed E-state index contributed by atoms with van der Waals surface area (Å²) < 4.78 is 44.6. The first-order valence-electron chi connectivity index (χ1n) is 10.6. The average molecular weight is 491 g/mol. The first-order chi connectivity index (χ1) is 16.2. The lowest BCUT2D eigenvalue weighted by atomic mass is 9.98. The summed E-state index contributed by atoms with van der Waals surface area (Å²) in [5.41, 5.74) is 1.90. The fourth-order valence-electron chi connectivity index (χ4n) is 3.57. The summed E-state index contributed by atoms with van der Waals surface area (Å²) in [6.45, 7) is 3.08. The number of alkyl halides is 3. The van der Waals surface area contributed by atoms with Crippen molar-refractivity contribution in [1.29, 1.82) is 0 Å². The van der Waals surface area contributed by atoms with Crippen molar-refractivity contribution in [1.82, 2.24) is 14.5 Å². The van der Waals surface area contributed by atoms with Crippen LogP contribution < -0.4 is 10.6 Å². The molecule has 0 bridgehead atoms. The minimum Gasteiger partial charge on any atom is -0.462 e. The zero-order valence-corrected chi connectivity index (χ0v) is 19.0. The van der Waals surface area contributed by atoms with Gasteiger partial charge in [-0.05, 0) is 48.7 Å². The van der Waals surface area contributed by atoms with Crippen LogP contribution in [0.25, 0.3) is 5.57 Å². The van der Waals surface area contributed by atoms with E-state index in [4.69, 9.17) is 4.74 Å². The van der Waals surface area contributed by atoms with E-state index in [0.717, 1.165) is 17.2 Å². The van der Waals surface area contributed by atoms with E-state index in [9.17, 15) is 22.8 Å². The summed E-state index contributed by atoms with van der Waals surface area (Å²) in [7, 11) is 0. The van der Waals surface area contributed by atoms with Crippen molar-refractivity contribution < 1.29 is 22.7 Å². The number of benzene rings is 1. The van der Waals surface area contributed by atoms with Gasteiger partial charge in [-0.15, -0.1) is 11.3 Å². The van der Waals surface area contributed by atoms with Crippen LogP contribution in [-0.2, 0) is 17.5 Å². The van der Waals surface area contributed by atoms with E-state index in [0.29, 0.717) is 47.9 Å². The summed E-state index contributed by atoms with van der Waals surface area (Å²) in [6.07, 6.45) is -0.449. The molecule has 0 saturated carbocycles. The summed E-state index contributed by atoms with van der Waals surface area (Å²) in [5.74, 6) is -0.104. The van der Waals surface area contributed by atoms with E-state index in [1.54, 1.807) is 19.1 Å². The van der Waals surface area contributed by atoms with E-state index in [-0.39, 0.29) is 18.5 Å². The van der Waals surface area contributed by atoms with Gasteiger partial charge in [0.15, 0.2) is 0 Å². The maximum atomic E-state index is 12.8. The third kappa shape index (κ3) is 5.36. The van der Waals surface area contributed by atoms with Gasteiger partial charge in [0.2, 0.25) is 5.95 Å². The summed E-state index contributed by atoms with van der Waals surface area (Å²) >= 11 is 0.592. The van der Waals surface area contributed by atoms with Crippen LogP contribution in [0.5, 0.6) is 0 Å². The number of hydrogen-bond acceptors (Lipinski definition) is 7. The molecule has 3 heterocycles. The monoisotopic (exact) mass is 490 g/mol. The number of halogens is 3. The minimum absolute atomic E-state index is 0.0271. The smallest absolute Gasteiger partial charge is 0.425 e. The van der Waals surface area contributed by atoms with Gasteiger partial charge in [-0.2, -0.15) is 18.2 Å². The Balaban J connectivity index is 1.44. The fourth-order valence-corrected chi connectivity index (χ4v) is 4.44. The Morgan fingerprint density at radius 3 is 2.71 bits per heavy atom. The van der Waals surface area contributed by atoms with E-state index in [1.807, 2.05) is 23.1 Å². The summed E-state index contributed by atoms with van der Waals surface area (Å²) in [4.78, 5) is 34.2. The molecule has 7 nitrogen and oxygen atoms in total. The van der Waals surface area contributed by atoms with Crippen LogP contribution in [-0.4, -0.2) is 40.2 Å². The van der Waals surface area contributed by atoms with Crippen LogP contribution in [0.15, 0.2) is 53.6 Å². The van der Waals surface area contributed by atoms with Crippen LogP contribution in [0.4, 0.5) is 19.1 Å². The van der Waals surface area contributed by atoms with Crippen LogP contribution >= 0.6 is 11.3 Å². The number of carbonyl (C=O) groups is 1. The van der Waals surface area contributed by atoms with Crippen LogP contribution in [0.3, 0.4) is 0 Å². The van der Waals surface area contributed by atoms with Gasteiger partial charge in [0.25, 0.3) is 0 Å². The maximum absolute atomic E-state index is 12.8. The Bertz CT molecular complexity index is 1280. The lowest BCUT2D eigenvalue weighted by molar-refractivity contribution is -0.134. The first kappa shape index (κ1) is 23.7. The molecule has 11 heteroatoms. The van der Waals surface area contributed by atoms with Crippen LogP contribution in [0.2, 0.25) is 0 Å². The number of rotatable bonds is 6. The largest absolute Gasteiger partial charge is 0.462 e. The molecule has 4 rings (SSSR count). The number of carbonyl (C=O) groups excluding carboxylic acids is 1. The molecule has 0 spiro atoms. The first-order valence-corrected chi connectivity index (χ1v) is 11.4. The molecule has 1 aliphatic heterocycles. The highest BCUT2D eigenvalue weighted by Crippen LogP contribution is 2.34. The molecule has 0 atom stereocenters. The zero-order valence-electron chi connectivity index (χ0n) is 18.2. The lowest BCUT2D eigenvalue weighted by Gasteiger charge is -2.26. The number of anilines is 1. The highest BCUT2D eigenvalue weighted by Gasteiger charge is 2.32. The van der Waals surface area contributed by atoms with Gasteiger partial charge in [-0.25, -0.2) is 14.6 Å². The second-order valence-corrected chi connectivity index (χ2v) is 8.73. The van der Waals surface area contributed by atoms with Gasteiger partial charge in [0.1, 0.15) is 11.2 Å². The van der Waals surface area contributed by atoms with Gasteiger partial charge in [0.05, 0.1) is 18.7 Å². The van der Waals surface area contributed by atoms with Crippen molar-refractivity contribution >= 4 is 28.8 Å². The molecule has 2 aromatic heterocycles. The van der Waals surface area contributed by atoms with Crippen molar-refractivity contribution in [2.24, 2.45) is 0 Å². The number of ether oxygens (including phenoxy) is 1. The molecule has 0 fully saturated rings. The Morgan fingerprint density at radius 2 is 2.06 bits per heavy atom. The maximum Gasteiger partial charge on any atom is 0.425 e. The molecule has 1 aliphatic rings. The predicted molar refractivity (Wildman–Crippen MR) is 122 cm³/mol. The topological polar surface area (TPSA) is 77.3 Å². The second-order valence-electron chi connectivity index (χ2n) is 7.56. The van der Waals surface area contributed by atoms with Crippen molar-refractivity contribution in [3.8, 4) is 0 Å². The van der Waals surface area contributed by atoms with Gasteiger partial charge in [-0.1, -0.05) is 18.2 Å². The fraction of sp³-hybridized carbons (Fsp3) is 0.304. The van der Waals surface area contributed by atoms with E-state index >= 15 is 0 Å². The number of aromatic nitrogens is 3. The van der Waals surface area contributed by atoms with Crippen LogP contribution in [0, 0.1) is 0 Å². The number of hydrogen-bond donors (Lipinski definition) is 0. The standard InChI is InChI=1S/C23H21F3N4O3S/c1-2-33-20(31)17-5-3-4-16(12-17)15-8-10-29(11-9-15)21-27-14-30(22(32)28-21)13-18-6-7-19(34-18)23(24,25)26/h3-8,12,14H,2,9-11,13H2,1H3. The zero-order chi connectivity index (χ0) is 24.3. The molecule has 3 aromatic rings. The Hall–Kier alpha value is -3.47.